The van der Waals surface area contributed by atoms with Crippen LogP contribution >= 0.6 is 0 Å². The van der Waals surface area contributed by atoms with Gasteiger partial charge < -0.3 is 0 Å². The van der Waals surface area contributed by atoms with Crippen molar-refractivity contribution in [3.63, 3.8) is 0 Å². The molecule has 69 heavy (non-hydrogen) atoms. The lowest BCUT2D eigenvalue weighted by molar-refractivity contribution is 1.06. The Labute approximate surface area is 402 Å². The highest BCUT2D eigenvalue weighted by Gasteiger charge is 2.39. The van der Waals surface area contributed by atoms with Crippen molar-refractivity contribution in [3.05, 3.63) is 217 Å². The Bertz CT molecular complexity index is 4410. The summed E-state index contributed by atoms with van der Waals surface area (Å²) >= 11 is 0. The monoisotopic (exact) mass is 888 g/mol. The molecule has 0 N–H and O–H groups in total. The Morgan fingerprint density at radius 1 is 0.333 bits per heavy atom. The first-order valence-corrected chi connectivity index (χ1v) is 27.7. The van der Waals surface area contributed by atoms with Crippen LogP contribution in [-0.4, -0.2) is 8.07 Å². The zero-order valence-corrected chi connectivity index (χ0v) is 39.5. The average molecular weight is 889 g/mol. The SMILES string of the molecule is C[Si]1(C)c2cc(-c3cc4ccccc4c4ccccc34)ccc2-c2cc3c(-c4ccc5c6c(cccc46)-c4ccccc4-5)c4ccccc4c(-c4ccc5c6c(cccc46)C4=C5C=CCC4)c3cc21. The summed E-state index contributed by atoms with van der Waals surface area (Å²) in [7, 11) is -2.26. The van der Waals surface area contributed by atoms with Crippen molar-refractivity contribution in [3.8, 4) is 66.8 Å². The van der Waals surface area contributed by atoms with Crippen LogP contribution in [0.2, 0.25) is 13.1 Å². The van der Waals surface area contributed by atoms with Crippen LogP contribution in [0.1, 0.15) is 24.0 Å². The van der Waals surface area contributed by atoms with E-state index in [0.717, 1.165) is 12.8 Å². The smallest absolute Gasteiger partial charge is 0.0836 e. The molecule has 3 aliphatic carbocycles. The minimum Gasteiger partial charge on any atom is -0.0836 e. The van der Waals surface area contributed by atoms with Crippen molar-refractivity contribution in [2.24, 2.45) is 0 Å². The predicted octanol–water partition coefficient (Wildman–Crippen LogP) is 17.6. The van der Waals surface area contributed by atoms with Gasteiger partial charge in [-0.3, -0.25) is 0 Å². The van der Waals surface area contributed by atoms with E-state index in [9.17, 15) is 0 Å². The van der Waals surface area contributed by atoms with Gasteiger partial charge in [-0.1, -0.05) is 207 Å². The van der Waals surface area contributed by atoms with Crippen molar-refractivity contribution >= 4 is 94.2 Å². The molecule has 16 rings (SSSR count). The van der Waals surface area contributed by atoms with Gasteiger partial charge in [0.25, 0.3) is 0 Å². The Morgan fingerprint density at radius 2 is 0.870 bits per heavy atom. The van der Waals surface area contributed by atoms with Crippen LogP contribution in [0.4, 0.5) is 0 Å². The second-order valence-electron chi connectivity index (χ2n) is 20.5. The summed E-state index contributed by atoms with van der Waals surface area (Å²) in [6.45, 7) is 5.19. The second kappa shape index (κ2) is 13.5. The predicted molar refractivity (Wildman–Crippen MR) is 300 cm³/mol. The first-order chi connectivity index (χ1) is 34.0. The molecule has 320 valence electrons. The maximum Gasteiger partial charge on any atom is 0.113 e. The Hall–Kier alpha value is -8.10. The molecule has 0 spiro atoms. The summed E-state index contributed by atoms with van der Waals surface area (Å²) in [6.07, 6.45) is 6.94. The second-order valence-corrected chi connectivity index (χ2v) is 24.8. The van der Waals surface area contributed by atoms with Gasteiger partial charge in [0.05, 0.1) is 0 Å². The van der Waals surface area contributed by atoms with Crippen LogP contribution in [0.5, 0.6) is 0 Å². The van der Waals surface area contributed by atoms with Gasteiger partial charge in [0.15, 0.2) is 0 Å². The largest absolute Gasteiger partial charge is 0.113 e. The van der Waals surface area contributed by atoms with Gasteiger partial charge in [-0.05, 0) is 189 Å². The summed E-state index contributed by atoms with van der Waals surface area (Å²) < 4.78 is 0. The number of hydrogen-bond acceptors (Lipinski definition) is 0. The summed E-state index contributed by atoms with van der Waals surface area (Å²) in [5.74, 6) is 0. The molecule has 0 aromatic heterocycles. The first-order valence-electron chi connectivity index (χ1n) is 24.7. The zero-order valence-electron chi connectivity index (χ0n) is 38.5. The number of hydrogen-bond donors (Lipinski definition) is 0. The topological polar surface area (TPSA) is 0 Å². The zero-order chi connectivity index (χ0) is 45.3. The molecule has 0 unspecified atom stereocenters. The van der Waals surface area contributed by atoms with E-state index in [0.29, 0.717) is 0 Å². The third kappa shape index (κ3) is 4.93. The van der Waals surface area contributed by atoms with Crippen LogP contribution < -0.4 is 10.4 Å². The Morgan fingerprint density at radius 3 is 1.62 bits per heavy atom. The number of rotatable bonds is 3. The first kappa shape index (κ1) is 37.9. The average Bonchev–Trinajstić information content (AvgIpc) is 3.99. The fourth-order valence-corrected chi connectivity index (χ4v) is 16.9. The van der Waals surface area contributed by atoms with Crippen molar-refractivity contribution in [1.29, 1.82) is 0 Å². The summed E-state index contributed by atoms with van der Waals surface area (Å²) in [6, 6.07) is 75.1. The summed E-state index contributed by atoms with van der Waals surface area (Å²) in [5, 5.41) is 19.0. The van der Waals surface area contributed by atoms with E-state index in [2.05, 4.69) is 219 Å². The third-order valence-electron chi connectivity index (χ3n) is 16.8. The molecule has 0 amide bonds. The third-order valence-corrected chi connectivity index (χ3v) is 20.3. The van der Waals surface area contributed by atoms with Crippen LogP contribution in [0.3, 0.4) is 0 Å². The molecule has 0 fully saturated rings. The number of allylic oxidation sites excluding steroid dienone is 4. The highest BCUT2D eigenvalue weighted by Crippen LogP contribution is 2.55. The molecular formula is C68H44Si. The molecule has 0 nitrogen and oxygen atoms in total. The van der Waals surface area contributed by atoms with E-state index < -0.39 is 8.07 Å². The van der Waals surface area contributed by atoms with E-state index in [1.54, 1.807) is 0 Å². The molecular weight excluding hydrogens is 845 g/mol. The number of benzene rings is 12. The van der Waals surface area contributed by atoms with Crippen molar-refractivity contribution in [2.45, 2.75) is 25.9 Å². The van der Waals surface area contributed by atoms with Gasteiger partial charge in [0.2, 0.25) is 0 Å². The standard InChI is InChI=1S/C68H44Si/c1-69(2)63-36-40(59-35-39-15-3-4-16-41(39)42-17-5-10-22-47(42)59)29-30-48(63)60-37-61-62(38-64(60)69)68(58-34-32-56-46-21-9-7-19-44(46)50-26-14-28-54(58)66(50)56)52-24-12-11-23-51(52)67(61)57-33-31-55-45-20-8-6-18-43(45)49-25-13-27-53(57)65(49)55/h3-6,8-18,20-38H,7,19H2,1-2H3. The minimum absolute atomic E-state index is 1.10. The molecule has 0 saturated heterocycles. The van der Waals surface area contributed by atoms with Gasteiger partial charge in [-0.25, -0.2) is 0 Å². The molecule has 4 aliphatic rings. The molecule has 1 aliphatic heterocycles. The molecule has 0 bridgehead atoms. The lowest BCUT2D eigenvalue weighted by atomic mass is 9.82. The van der Waals surface area contributed by atoms with E-state index in [1.807, 2.05) is 0 Å². The van der Waals surface area contributed by atoms with E-state index in [4.69, 9.17) is 0 Å². The van der Waals surface area contributed by atoms with Crippen LogP contribution in [0.25, 0.3) is 143 Å². The summed E-state index contributed by atoms with van der Waals surface area (Å²) in [4.78, 5) is 0. The quantitative estimate of drug-likeness (QED) is 0.0942. The van der Waals surface area contributed by atoms with Crippen LogP contribution in [-0.2, 0) is 0 Å². The van der Waals surface area contributed by atoms with Crippen molar-refractivity contribution < 1.29 is 0 Å². The fourth-order valence-electron chi connectivity index (χ4n) is 13.8. The maximum absolute atomic E-state index is 2.68. The van der Waals surface area contributed by atoms with E-state index in [-0.39, 0.29) is 0 Å². The van der Waals surface area contributed by atoms with Gasteiger partial charge in [0.1, 0.15) is 8.07 Å². The molecule has 0 radical (unpaired) electrons. The maximum atomic E-state index is 2.68. The Kier molecular flexibility index (Phi) is 7.44. The molecule has 0 saturated carbocycles. The lowest BCUT2D eigenvalue weighted by Crippen LogP contribution is -2.49. The summed E-state index contributed by atoms with van der Waals surface area (Å²) in [5.41, 5.74) is 21.7. The minimum atomic E-state index is -2.26. The van der Waals surface area contributed by atoms with E-state index >= 15 is 0 Å². The van der Waals surface area contributed by atoms with E-state index in [1.165, 1.54) is 164 Å². The molecule has 12 aromatic carbocycles. The van der Waals surface area contributed by atoms with Crippen molar-refractivity contribution in [2.75, 3.05) is 0 Å². The normalized spacial score (nSPS) is 14.7. The van der Waals surface area contributed by atoms with Crippen LogP contribution in [0.15, 0.2) is 206 Å². The number of fused-ring (bicyclic) bond motifs is 13. The molecule has 12 aromatic rings. The van der Waals surface area contributed by atoms with Gasteiger partial charge in [-0.15, -0.1) is 0 Å². The highest BCUT2D eigenvalue weighted by molar-refractivity contribution is 7.04. The Balaban J connectivity index is 1.00. The fraction of sp³-hybridized carbons (Fsp3) is 0.0588. The van der Waals surface area contributed by atoms with Crippen molar-refractivity contribution in [1.82, 2.24) is 0 Å². The van der Waals surface area contributed by atoms with Crippen LogP contribution in [0, 0.1) is 0 Å². The van der Waals surface area contributed by atoms with Gasteiger partial charge in [-0.2, -0.15) is 0 Å². The van der Waals surface area contributed by atoms with Gasteiger partial charge in [0, 0.05) is 0 Å². The molecule has 0 atom stereocenters. The molecule has 1 heteroatoms. The van der Waals surface area contributed by atoms with Gasteiger partial charge >= 0.3 is 0 Å². The molecule has 1 heterocycles. The lowest BCUT2D eigenvalue weighted by Gasteiger charge is -2.24. The highest BCUT2D eigenvalue weighted by atomic mass is 28.3.